The van der Waals surface area contributed by atoms with Crippen LogP contribution >= 0.6 is 11.3 Å². The van der Waals surface area contributed by atoms with Crippen LogP contribution in [0.4, 0.5) is 0 Å². The molecule has 0 saturated heterocycles. The minimum atomic E-state index is -0.183. The van der Waals surface area contributed by atoms with E-state index in [-0.39, 0.29) is 17.7 Å². The van der Waals surface area contributed by atoms with E-state index in [2.05, 4.69) is 0 Å². The van der Waals surface area contributed by atoms with Crippen LogP contribution in [0.1, 0.15) is 43.4 Å². The van der Waals surface area contributed by atoms with E-state index in [0.29, 0.717) is 9.75 Å². The number of ketones is 1. The Kier molecular flexibility index (Phi) is 5.10. The first-order valence-electron chi connectivity index (χ1n) is 8.05. The molecule has 126 valence electrons. The molecule has 0 aliphatic rings. The zero-order valence-corrected chi connectivity index (χ0v) is 15.0. The van der Waals surface area contributed by atoms with E-state index in [4.69, 9.17) is 0 Å². The van der Waals surface area contributed by atoms with Gasteiger partial charge in [-0.25, -0.2) is 0 Å². The number of hydrogen-bond acceptors (Lipinski definition) is 3. The first-order chi connectivity index (χ1) is 12.1. The van der Waals surface area contributed by atoms with Gasteiger partial charge in [0, 0.05) is 7.05 Å². The maximum Gasteiger partial charge on any atom is 0.264 e. The lowest BCUT2D eigenvalue weighted by atomic mass is 9.97. The van der Waals surface area contributed by atoms with Crippen molar-refractivity contribution in [3.8, 4) is 0 Å². The third-order valence-electron chi connectivity index (χ3n) is 4.10. The van der Waals surface area contributed by atoms with Crippen molar-refractivity contribution in [1.82, 2.24) is 4.90 Å². The molecule has 2 aromatic carbocycles. The predicted molar refractivity (Wildman–Crippen MR) is 101 cm³/mol. The Labute approximate surface area is 151 Å². The smallest absolute Gasteiger partial charge is 0.264 e. The summed E-state index contributed by atoms with van der Waals surface area (Å²) in [6.07, 6.45) is 0. The number of benzene rings is 2. The lowest BCUT2D eigenvalue weighted by Crippen LogP contribution is -2.31. The highest BCUT2D eigenvalue weighted by atomic mass is 32.1. The molecule has 0 fully saturated rings. The lowest BCUT2D eigenvalue weighted by Gasteiger charge is -2.29. The van der Waals surface area contributed by atoms with Gasteiger partial charge in [-0.2, -0.15) is 0 Å². The second-order valence-electron chi connectivity index (χ2n) is 5.86. The molecule has 0 radical (unpaired) electrons. The molecule has 3 nitrogen and oxygen atoms in total. The molecule has 1 amide bonds. The summed E-state index contributed by atoms with van der Waals surface area (Å²) >= 11 is 1.24. The summed E-state index contributed by atoms with van der Waals surface area (Å²) in [7, 11) is 1.81. The predicted octanol–water partition coefficient (Wildman–Crippen LogP) is 4.81. The highest BCUT2D eigenvalue weighted by Crippen LogP contribution is 2.30. The van der Waals surface area contributed by atoms with Crippen molar-refractivity contribution >= 4 is 23.0 Å². The summed E-state index contributed by atoms with van der Waals surface area (Å²) in [5, 5.41) is 0. The quantitative estimate of drug-likeness (QED) is 0.620. The van der Waals surface area contributed by atoms with Crippen molar-refractivity contribution in [3.63, 3.8) is 0 Å². The zero-order chi connectivity index (χ0) is 17.8. The molecule has 0 saturated carbocycles. The maximum atomic E-state index is 13.0. The summed E-state index contributed by atoms with van der Waals surface area (Å²) < 4.78 is 0. The van der Waals surface area contributed by atoms with Gasteiger partial charge in [0.25, 0.3) is 5.91 Å². The third-order valence-corrected chi connectivity index (χ3v) is 5.28. The lowest BCUT2D eigenvalue weighted by molar-refractivity contribution is 0.0760. The number of rotatable bonds is 5. The normalized spacial score (nSPS) is 10.7. The van der Waals surface area contributed by atoms with Crippen molar-refractivity contribution in [2.75, 3.05) is 7.05 Å². The third kappa shape index (κ3) is 3.69. The Morgan fingerprint density at radius 2 is 1.28 bits per heavy atom. The second kappa shape index (κ2) is 7.45. The van der Waals surface area contributed by atoms with E-state index in [1.54, 1.807) is 24.1 Å². The van der Waals surface area contributed by atoms with Crippen molar-refractivity contribution in [3.05, 3.63) is 93.7 Å². The fourth-order valence-corrected chi connectivity index (χ4v) is 3.73. The minimum Gasteiger partial charge on any atom is -0.330 e. The van der Waals surface area contributed by atoms with Gasteiger partial charge in [0.05, 0.1) is 15.8 Å². The van der Waals surface area contributed by atoms with E-state index in [9.17, 15) is 9.59 Å². The molecule has 3 rings (SSSR count). The summed E-state index contributed by atoms with van der Waals surface area (Å²) in [6, 6.07) is 23.2. The van der Waals surface area contributed by atoms with Gasteiger partial charge in [0.15, 0.2) is 5.78 Å². The Bertz CT molecular complexity index is 832. The summed E-state index contributed by atoms with van der Waals surface area (Å²) in [4.78, 5) is 27.4. The van der Waals surface area contributed by atoms with Gasteiger partial charge in [-0.3, -0.25) is 9.59 Å². The first-order valence-corrected chi connectivity index (χ1v) is 8.87. The number of Topliss-reactive ketones (excluding diaryl/α,β-unsaturated/α-hetero) is 1. The summed E-state index contributed by atoms with van der Waals surface area (Å²) in [5.41, 5.74) is 2.10. The van der Waals surface area contributed by atoms with Crippen LogP contribution in [-0.4, -0.2) is 23.6 Å². The average molecular weight is 349 g/mol. The molecule has 0 spiro atoms. The van der Waals surface area contributed by atoms with Gasteiger partial charge in [-0.05, 0) is 30.2 Å². The Hall–Kier alpha value is -2.72. The average Bonchev–Trinajstić information content (AvgIpc) is 3.13. The topological polar surface area (TPSA) is 37.4 Å². The van der Waals surface area contributed by atoms with Crippen molar-refractivity contribution in [2.45, 2.75) is 13.0 Å². The van der Waals surface area contributed by atoms with Crippen molar-refractivity contribution in [1.29, 1.82) is 0 Å². The Balaban J connectivity index is 1.97. The van der Waals surface area contributed by atoms with Gasteiger partial charge < -0.3 is 4.90 Å². The zero-order valence-electron chi connectivity index (χ0n) is 14.2. The van der Waals surface area contributed by atoms with E-state index in [0.717, 1.165) is 11.1 Å². The molecule has 0 N–H and O–H groups in total. The summed E-state index contributed by atoms with van der Waals surface area (Å²) in [6.45, 7) is 1.51. The van der Waals surface area contributed by atoms with Crippen molar-refractivity contribution < 1.29 is 9.59 Å². The van der Waals surface area contributed by atoms with E-state index in [1.165, 1.54) is 18.3 Å². The molecule has 0 aliphatic heterocycles. The number of carbonyl (C=O) groups is 2. The van der Waals surface area contributed by atoms with Gasteiger partial charge in [0.2, 0.25) is 0 Å². The van der Waals surface area contributed by atoms with Crippen LogP contribution in [0.25, 0.3) is 0 Å². The molecule has 4 heteroatoms. The minimum absolute atomic E-state index is 0.0191. The fraction of sp³-hybridized carbons (Fsp3) is 0.143. The van der Waals surface area contributed by atoms with Gasteiger partial charge >= 0.3 is 0 Å². The second-order valence-corrected chi connectivity index (χ2v) is 6.94. The standard InChI is InChI=1S/C21H19NO2S/c1-15(23)18-13-14-19(25-18)21(24)22(2)20(16-9-5-3-6-10-16)17-11-7-4-8-12-17/h3-14,20H,1-2H3. The highest BCUT2D eigenvalue weighted by Gasteiger charge is 2.25. The maximum absolute atomic E-state index is 13.0. The molecule has 1 aromatic heterocycles. The van der Waals surface area contributed by atoms with E-state index >= 15 is 0 Å². The highest BCUT2D eigenvalue weighted by molar-refractivity contribution is 7.15. The van der Waals surface area contributed by atoms with Gasteiger partial charge in [-0.15, -0.1) is 11.3 Å². The van der Waals surface area contributed by atoms with Crippen LogP contribution in [-0.2, 0) is 0 Å². The monoisotopic (exact) mass is 349 g/mol. The van der Waals surface area contributed by atoms with Crippen LogP contribution in [0.3, 0.4) is 0 Å². The van der Waals surface area contributed by atoms with Crippen LogP contribution in [0.5, 0.6) is 0 Å². The van der Waals surface area contributed by atoms with Gasteiger partial charge in [0.1, 0.15) is 0 Å². The number of hydrogen-bond donors (Lipinski definition) is 0. The SMILES string of the molecule is CC(=O)c1ccc(C(=O)N(C)C(c2ccccc2)c2ccccc2)s1. The molecule has 25 heavy (non-hydrogen) atoms. The Morgan fingerprint density at radius 3 is 1.72 bits per heavy atom. The fourth-order valence-electron chi connectivity index (χ4n) is 2.84. The molecular formula is C21H19NO2S. The molecule has 1 heterocycles. The molecule has 0 unspecified atom stereocenters. The van der Waals surface area contributed by atoms with Gasteiger partial charge in [-0.1, -0.05) is 60.7 Å². The van der Waals surface area contributed by atoms with E-state index in [1.807, 2.05) is 60.7 Å². The number of amides is 1. The van der Waals surface area contributed by atoms with Crippen LogP contribution < -0.4 is 0 Å². The van der Waals surface area contributed by atoms with E-state index < -0.39 is 0 Å². The number of nitrogens with zero attached hydrogens (tertiary/aromatic N) is 1. The first kappa shape index (κ1) is 17.1. The molecule has 0 aliphatic carbocycles. The molecule has 3 aromatic rings. The number of carbonyl (C=O) groups excluding carboxylic acids is 2. The Morgan fingerprint density at radius 1 is 0.800 bits per heavy atom. The van der Waals surface area contributed by atoms with Crippen molar-refractivity contribution in [2.24, 2.45) is 0 Å². The molecular weight excluding hydrogens is 330 g/mol. The molecule has 0 bridgehead atoms. The van der Waals surface area contributed by atoms with Crippen LogP contribution in [0.15, 0.2) is 72.8 Å². The molecule has 0 atom stereocenters. The largest absolute Gasteiger partial charge is 0.330 e. The van der Waals surface area contributed by atoms with Crippen LogP contribution in [0.2, 0.25) is 0 Å². The van der Waals surface area contributed by atoms with Crippen LogP contribution in [0, 0.1) is 0 Å². The number of thiophene rings is 1. The summed E-state index contributed by atoms with van der Waals surface area (Å²) in [5.74, 6) is -0.107.